The lowest BCUT2D eigenvalue weighted by atomic mass is 10.3. The quantitative estimate of drug-likeness (QED) is 0.594. The van der Waals surface area contributed by atoms with Gasteiger partial charge in [-0.05, 0) is 6.92 Å². The Bertz CT molecular complexity index is 307. The topological polar surface area (TPSA) is 95.1 Å². The van der Waals surface area contributed by atoms with Crippen molar-refractivity contribution in [3.8, 4) is 0 Å². The van der Waals surface area contributed by atoms with E-state index in [1.165, 1.54) is 19.3 Å². The van der Waals surface area contributed by atoms with Gasteiger partial charge in [0.05, 0.1) is 11.8 Å². The Morgan fingerprint density at radius 2 is 2.38 bits per heavy atom. The van der Waals surface area contributed by atoms with Gasteiger partial charge >= 0.3 is 5.97 Å². The van der Waals surface area contributed by atoms with Crippen LogP contribution in [0.5, 0.6) is 0 Å². The zero-order valence-corrected chi connectivity index (χ0v) is 6.94. The molecule has 1 atom stereocenters. The average Bonchev–Trinajstić information content (AvgIpc) is 2.55. The molecule has 1 amide bonds. The molecule has 6 nitrogen and oxygen atoms in total. The number of hydrogen-bond donors (Lipinski definition) is 3. The molecule has 0 bridgehead atoms. The average molecular weight is 183 g/mol. The third-order valence-electron chi connectivity index (χ3n) is 1.48. The maximum Gasteiger partial charge on any atom is 0.325 e. The summed E-state index contributed by atoms with van der Waals surface area (Å²) in [5.74, 6) is -1.53. The lowest BCUT2D eigenvalue weighted by Crippen LogP contribution is -2.38. The number of carboxylic acid groups (broad SMARTS) is 1. The lowest BCUT2D eigenvalue weighted by molar-refractivity contribution is -0.138. The molecule has 0 radical (unpaired) electrons. The number of nitrogens with one attached hydrogen (secondary N) is 2. The molecule has 0 fully saturated rings. The van der Waals surface area contributed by atoms with Crippen LogP contribution in [-0.2, 0) is 4.79 Å². The van der Waals surface area contributed by atoms with E-state index in [9.17, 15) is 9.59 Å². The molecule has 3 N–H and O–H groups in total. The predicted molar refractivity (Wildman–Crippen MR) is 43.2 cm³/mol. The van der Waals surface area contributed by atoms with Crippen LogP contribution in [0, 0.1) is 0 Å². The van der Waals surface area contributed by atoms with Gasteiger partial charge in [-0.2, -0.15) is 5.10 Å². The van der Waals surface area contributed by atoms with E-state index in [4.69, 9.17) is 5.11 Å². The number of nitrogens with zero attached hydrogens (tertiary/aromatic N) is 1. The molecule has 1 rings (SSSR count). The van der Waals surface area contributed by atoms with Crippen molar-refractivity contribution in [2.24, 2.45) is 0 Å². The van der Waals surface area contributed by atoms with Gasteiger partial charge in [0, 0.05) is 6.20 Å². The Kier molecular flexibility index (Phi) is 2.63. The van der Waals surface area contributed by atoms with Gasteiger partial charge in [0.2, 0.25) is 0 Å². The number of hydrogen-bond acceptors (Lipinski definition) is 3. The van der Waals surface area contributed by atoms with E-state index >= 15 is 0 Å². The van der Waals surface area contributed by atoms with Crippen molar-refractivity contribution in [2.75, 3.05) is 0 Å². The Morgan fingerprint density at radius 1 is 1.69 bits per heavy atom. The van der Waals surface area contributed by atoms with Crippen LogP contribution in [0.25, 0.3) is 0 Å². The minimum Gasteiger partial charge on any atom is -0.480 e. The van der Waals surface area contributed by atoms with E-state index in [0.717, 1.165) is 0 Å². The first-order valence-electron chi connectivity index (χ1n) is 3.63. The molecule has 0 aliphatic rings. The minimum atomic E-state index is -1.07. The minimum absolute atomic E-state index is 0.313. The highest BCUT2D eigenvalue weighted by Gasteiger charge is 2.15. The van der Waals surface area contributed by atoms with Gasteiger partial charge in [-0.25, -0.2) is 0 Å². The summed E-state index contributed by atoms with van der Waals surface area (Å²) in [6.45, 7) is 1.39. The van der Waals surface area contributed by atoms with Crippen LogP contribution in [0.4, 0.5) is 0 Å². The van der Waals surface area contributed by atoms with Crippen molar-refractivity contribution in [1.29, 1.82) is 0 Å². The van der Waals surface area contributed by atoms with Crippen LogP contribution in [0.1, 0.15) is 17.3 Å². The van der Waals surface area contributed by atoms with Crippen LogP contribution < -0.4 is 5.32 Å². The molecular formula is C7H9N3O3. The highest BCUT2D eigenvalue weighted by atomic mass is 16.4. The molecule has 0 aromatic carbocycles. The second-order valence-corrected chi connectivity index (χ2v) is 2.52. The summed E-state index contributed by atoms with van der Waals surface area (Å²) in [5, 5.41) is 16.8. The van der Waals surface area contributed by atoms with E-state index in [-0.39, 0.29) is 0 Å². The molecule has 1 heterocycles. The van der Waals surface area contributed by atoms with E-state index in [2.05, 4.69) is 15.5 Å². The molecule has 6 heteroatoms. The summed E-state index contributed by atoms with van der Waals surface area (Å²) < 4.78 is 0. The Balaban J connectivity index is 2.56. The van der Waals surface area contributed by atoms with Crippen LogP contribution >= 0.6 is 0 Å². The van der Waals surface area contributed by atoms with Gasteiger partial charge in [0.15, 0.2) is 0 Å². The van der Waals surface area contributed by atoms with Crippen molar-refractivity contribution < 1.29 is 14.7 Å². The van der Waals surface area contributed by atoms with E-state index in [0.29, 0.717) is 5.56 Å². The first kappa shape index (κ1) is 9.24. The lowest BCUT2D eigenvalue weighted by Gasteiger charge is -2.06. The molecule has 1 unspecified atom stereocenters. The number of carbonyl (C=O) groups excluding carboxylic acids is 1. The van der Waals surface area contributed by atoms with Gasteiger partial charge in [-0.1, -0.05) is 0 Å². The SMILES string of the molecule is CC(NC(=O)c1cn[nH]c1)C(=O)O. The molecule has 1 aromatic heterocycles. The number of carbonyl (C=O) groups is 2. The summed E-state index contributed by atoms with van der Waals surface area (Å²) in [6, 6.07) is -0.901. The standard InChI is InChI=1S/C7H9N3O3/c1-4(7(12)13)10-6(11)5-2-8-9-3-5/h2-4H,1H3,(H,8,9)(H,10,11)(H,12,13). The Hall–Kier alpha value is -1.85. The maximum absolute atomic E-state index is 11.2. The molecule has 0 spiro atoms. The van der Waals surface area contributed by atoms with Crippen LogP contribution in [-0.4, -0.2) is 33.2 Å². The number of aromatic nitrogens is 2. The summed E-state index contributed by atoms with van der Waals surface area (Å²) in [7, 11) is 0. The van der Waals surface area contributed by atoms with Gasteiger partial charge in [0.1, 0.15) is 6.04 Å². The monoisotopic (exact) mass is 183 g/mol. The third-order valence-corrected chi connectivity index (χ3v) is 1.48. The van der Waals surface area contributed by atoms with Crippen molar-refractivity contribution in [3.05, 3.63) is 18.0 Å². The molecule has 0 aliphatic carbocycles. The van der Waals surface area contributed by atoms with Crippen molar-refractivity contribution in [3.63, 3.8) is 0 Å². The third kappa shape index (κ3) is 2.29. The van der Waals surface area contributed by atoms with Crippen molar-refractivity contribution >= 4 is 11.9 Å². The zero-order valence-electron chi connectivity index (χ0n) is 6.94. The first-order chi connectivity index (χ1) is 6.11. The Morgan fingerprint density at radius 3 is 2.85 bits per heavy atom. The number of amides is 1. The summed E-state index contributed by atoms with van der Waals surface area (Å²) in [4.78, 5) is 21.6. The fourth-order valence-corrected chi connectivity index (χ4v) is 0.717. The second kappa shape index (κ2) is 3.70. The van der Waals surface area contributed by atoms with Crippen LogP contribution in [0.3, 0.4) is 0 Å². The normalized spacial score (nSPS) is 12.1. The number of aliphatic carboxylic acids is 1. The summed E-state index contributed by atoms with van der Waals surface area (Å²) in [6.07, 6.45) is 2.72. The summed E-state index contributed by atoms with van der Waals surface area (Å²) >= 11 is 0. The zero-order chi connectivity index (χ0) is 9.84. The maximum atomic E-state index is 11.2. The van der Waals surface area contributed by atoms with Gasteiger partial charge in [0.25, 0.3) is 5.91 Å². The van der Waals surface area contributed by atoms with E-state index < -0.39 is 17.9 Å². The van der Waals surface area contributed by atoms with Crippen molar-refractivity contribution in [1.82, 2.24) is 15.5 Å². The fraction of sp³-hybridized carbons (Fsp3) is 0.286. The number of carboxylic acids is 1. The van der Waals surface area contributed by atoms with E-state index in [1.54, 1.807) is 0 Å². The fourth-order valence-electron chi connectivity index (χ4n) is 0.717. The van der Waals surface area contributed by atoms with Crippen LogP contribution in [0.2, 0.25) is 0 Å². The molecular weight excluding hydrogens is 174 g/mol. The first-order valence-corrected chi connectivity index (χ1v) is 3.63. The largest absolute Gasteiger partial charge is 0.480 e. The Labute approximate surface area is 74.0 Å². The molecule has 70 valence electrons. The second-order valence-electron chi connectivity index (χ2n) is 2.52. The summed E-state index contributed by atoms with van der Waals surface area (Å²) in [5.41, 5.74) is 0.313. The molecule has 1 aromatic rings. The number of rotatable bonds is 3. The predicted octanol–water partition coefficient (Wildman–Crippen LogP) is -0.387. The number of H-pyrrole nitrogens is 1. The van der Waals surface area contributed by atoms with Crippen molar-refractivity contribution in [2.45, 2.75) is 13.0 Å². The molecule has 0 saturated carbocycles. The molecule has 0 saturated heterocycles. The highest BCUT2D eigenvalue weighted by molar-refractivity contribution is 5.95. The van der Waals surface area contributed by atoms with E-state index in [1.807, 2.05) is 0 Å². The van der Waals surface area contributed by atoms with Gasteiger partial charge < -0.3 is 10.4 Å². The molecule has 0 aliphatic heterocycles. The smallest absolute Gasteiger partial charge is 0.325 e. The molecule has 13 heavy (non-hydrogen) atoms. The van der Waals surface area contributed by atoms with Crippen LogP contribution in [0.15, 0.2) is 12.4 Å². The highest BCUT2D eigenvalue weighted by Crippen LogP contribution is 1.94. The number of aromatic amines is 1. The van der Waals surface area contributed by atoms with Gasteiger partial charge in [-0.3, -0.25) is 14.7 Å². The van der Waals surface area contributed by atoms with Gasteiger partial charge in [-0.15, -0.1) is 0 Å².